The van der Waals surface area contributed by atoms with Crippen LogP contribution in [0.2, 0.25) is 0 Å². The van der Waals surface area contributed by atoms with Crippen LogP contribution in [0, 0.1) is 5.92 Å². The summed E-state index contributed by atoms with van der Waals surface area (Å²) in [5.74, 6) is 2.76. The van der Waals surface area contributed by atoms with Crippen molar-refractivity contribution in [2.45, 2.75) is 26.4 Å². The maximum absolute atomic E-state index is 5.73. The molecule has 1 aliphatic rings. The average molecular weight is 365 g/mol. The highest BCUT2D eigenvalue weighted by Crippen LogP contribution is 2.34. The molecule has 2 heterocycles. The van der Waals surface area contributed by atoms with Gasteiger partial charge in [-0.1, -0.05) is 38.1 Å². The molecule has 0 aliphatic carbocycles. The Hall–Kier alpha value is -2.93. The predicted octanol–water partition coefficient (Wildman–Crippen LogP) is 2.92. The first-order valence-corrected chi connectivity index (χ1v) is 9.18. The largest absolute Gasteiger partial charge is 0.486 e. The van der Waals surface area contributed by atoms with E-state index < -0.39 is 0 Å². The van der Waals surface area contributed by atoms with Gasteiger partial charge in [0, 0.05) is 6.04 Å². The van der Waals surface area contributed by atoms with Gasteiger partial charge in [0.25, 0.3) is 0 Å². The lowest BCUT2D eigenvalue weighted by molar-refractivity contribution is 0.171. The van der Waals surface area contributed by atoms with Gasteiger partial charge in [-0.3, -0.25) is 0 Å². The molecule has 0 spiro atoms. The second kappa shape index (κ2) is 7.75. The quantitative estimate of drug-likeness (QED) is 0.724. The lowest BCUT2D eigenvalue weighted by atomic mass is 9.95. The van der Waals surface area contributed by atoms with E-state index in [1.807, 2.05) is 36.4 Å². The van der Waals surface area contributed by atoms with Crippen LogP contribution in [0.1, 0.15) is 31.3 Å². The van der Waals surface area contributed by atoms with Crippen molar-refractivity contribution in [1.29, 1.82) is 0 Å². The van der Waals surface area contributed by atoms with Gasteiger partial charge >= 0.3 is 0 Å². The summed E-state index contributed by atoms with van der Waals surface area (Å²) in [6.07, 6.45) is 0. The van der Waals surface area contributed by atoms with Crippen molar-refractivity contribution in [2.75, 3.05) is 13.2 Å². The standard InChI is InChI=1S/C20H23N5O2/c1-14(2)20(15-8-9-17-18(12-15)27-11-10-26-17)21-13-19-22-23-24-25(19)16-6-4-3-5-7-16/h3-9,12,14,20-21H,10-11,13H2,1-2H3/t20-/m0/s1. The highest BCUT2D eigenvalue weighted by molar-refractivity contribution is 5.44. The Morgan fingerprint density at radius 3 is 2.59 bits per heavy atom. The molecule has 1 aromatic heterocycles. The van der Waals surface area contributed by atoms with Gasteiger partial charge in [0.2, 0.25) is 0 Å². The molecule has 2 aromatic carbocycles. The van der Waals surface area contributed by atoms with E-state index in [0.29, 0.717) is 25.7 Å². The highest BCUT2D eigenvalue weighted by Gasteiger charge is 2.20. The molecule has 7 heteroatoms. The van der Waals surface area contributed by atoms with Crippen LogP contribution in [0.3, 0.4) is 0 Å². The fourth-order valence-electron chi connectivity index (χ4n) is 3.28. The van der Waals surface area contributed by atoms with Gasteiger partial charge in [-0.25, -0.2) is 0 Å². The summed E-state index contributed by atoms with van der Waals surface area (Å²) in [6.45, 7) is 6.12. The van der Waals surface area contributed by atoms with Crippen molar-refractivity contribution in [1.82, 2.24) is 25.5 Å². The number of fused-ring (bicyclic) bond motifs is 1. The molecule has 0 saturated carbocycles. The average Bonchev–Trinajstić information content (AvgIpc) is 3.17. The van der Waals surface area contributed by atoms with E-state index in [4.69, 9.17) is 9.47 Å². The van der Waals surface area contributed by atoms with Crippen LogP contribution >= 0.6 is 0 Å². The zero-order valence-electron chi connectivity index (χ0n) is 15.5. The van der Waals surface area contributed by atoms with Gasteiger partial charge in [0.05, 0.1) is 12.2 Å². The zero-order chi connectivity index (χ0) is 18.6. The summed E-state index contributed by atoms with van der Waals surface area (Å²) in [5, 5.41) is 15.7. The molecule has 140 valence electrons. The molecule has 1 aliphatic heterocycles. The summed E-state index contributed by atoms with van der Waals surface area (Å²) < 4.78 is 13.1. The topological polar surface area (TPSA) is 74.1 Å². The van der Waals surface area contributed by atoms with Crippen LogP contribution in [0.25, 0.3) is 5.69 Å². The van der Waals surface area contributed by atoms with E-state index in [0.717, 1.165) is 28.6 Å². The number of para-hydroxylation sites is 1. The first-order chi connectivity index (χ1) is 13.2. The minimum absolute atomic E-state index is 0.141. The number of tetrazole rings is 1. The minimum Gasteiger partial charge on any atom is -0.486 e. The third-order valence-corrected chi connectivity index (χ3v) is 4.61. The third kappa shape index (κ3) is 3.78. The molecule has 0 unspecified atom stereocenters. The number of nitrogens with one attached hydrogen (secondary N) is 1. The molecule has 0 saturated heterocycles. The summed E-state index contributed by atoms with van der Waals surface area (Å²) in [5.41, 5.74) is 2.10. The molecule has 0 amide bonds. The second-order valence-corrected chi connectivity index (χ2v) is 6.85. The van der Waals surface area contributed by atoms with Gasteiger partial charge < -0.3 is 14.8 Å². The minimum atomic E-state index is 0.141. The summed E-state index contributed by atoms with van der Waals surface area (Å²) >= 11 is 0. The van der Waals surface area contributed by atoms with Gasteiger partial charge in [-0.15, -0.1) is 5.10 Å². The lowest BCUT2D eigenvalue weighted by Crippen LogP contribution is -2.27. The van der Waals surface area contributed by atoms with Crippen molar-refractivity contribution in [3.05, 3.63) is 59.9 Å². The van der Waals surface area contributed by atoms with Crippen LogP contribution in [0.15, 0.2) is 48.5 Å². The molecule has 0 bridgehead atoms. The molecule has 3 aromatic rings. The number of rotatable bonds is 6. The normalized spacial score (nSPS) is 14.3. The molecule has 4 rings (SSSR count). The number of ether oxygens (including phenoxy) is 2. The van der Waals surface area contributed by atoms with E-state index in [2.05, 4.69) is 46.8 Å². The molecule has 0 radical (unpaired) electrons. The molecular formula is C20H23N5O2. The molecule has 1 atom stereocenters. The van der Waals surface area contributed by atoms with Crippen molar-refractivity contribution in [3.63, 3.8) is 0 Å². The second-order valence-electron chi connectivity index (χ2n) is 6.85. The van der Waals surface area contributed by atoms with E-state index in [9.17, 15) is 0 Å². The van der Waals surface area contributed by atoms with Gasteiger partial charge in [0.15, 0.2) is 17.3 Å². The number of nitrogens with zero attached hydrogens (tertiary/aromatic N) is 4. The Labute approximate surface area is 158 Å². The first-order valence-electron chi connectivity index (χ1n) is 9.18. The van der Waals surface area contributed by atoms with Crippen molar-refractivity contribution in [2.24, 2.45) is 5.92 Å². The van der Waals surface area contributed by atoms with E-state index >= 15 is 0 Å². The smallest absolute Gasteiger partial charge is 0.170 e. The summed E-state index contributed by atoms with van der Waals surface area (Å²) in [7, 11) is 0. The Morgan fingerprint density at radius 2 is 1.81 bits per heavy atom. The maximum atomic E-state index is 5.73. The van der Waals surface area contributed by atoms with Crippen LogP contribution in [-0.4, -0.2) is 33.4 Å². The molecular weight excluding hydrogens is 342 g/mol. The van der Waals surface area contributed by atoms with Crippen LogP contribution in [0.4, 0.5) is 0 Å². The zero-order valence-corrected chi connectivity index (χ0v) is 15.5. The SMILES string of the molecule is CC(C)[C@H](NCc1nnnn1-c1ccccc1)c1ccc2c(c1)OCCO2. The van der Waals surface area contributed by atoms with Gasteiger partial charge in [-0.2, -0.15) is 4.68 Å². The number of benzene rings is 2. The number of hydrogen-bond acceptors (Lipinski definition) is 6. The molecule has 7 nitrogen and oxygen atoms in total. The Morgan fingerprint density at radius 1 is 1.04 bits per heavy atom. The predicted molar refractivity (Wildman–Crippen MR) is 101 cm³/mol. The number of aromatic nitrogens is 4. The molecule has 1 N–H and O–H groups in total. The summed E-state index contributed by atoms with van der Waals surface area (Å²) in [4.78, 5) is 0. The third-order valence-electron chi connectivity index (χ3n) is 4.61. The van der Waals surface area contributed by atoms with Crippen LogP contribution in [0.5, 0.6) is 11.5 Å². The fraction of sp³-hybridized carbons (Fsp3) is 0.350. The Kier molecular flexibility index (Phi) is 5.02. The first kappa shape index (κ1) is 17.5. The van der Waals surface area contributed by atoms with E-state index in [1.54, 1.807) is 4.68 Å². The van der Waals surface area contributed by atoms with Gasteiger partial charge in [0.1, 0.15) is 13.2 Å². The fourth-order valence-corrected chi connectivity index (χ4v) is 3.28. The van der Waals surface area contributed by atoms with E-state index in [1.165, 1.54) is 0 Å². The van der Waals surface area contributed by atoms with Crippen LogP contribution < -0.4 is 14.8 Å². The van der Waals surface area contributed by atoms with Gasteiger partial charge in [-0.05, 0) is 46.2 Å². The highest BCUT2D eigenvalue weighted by atomic mass is 16.6. The summed E-state index contributed by atoms with van der Waals surface area (Å²) in [6, 6.07) is 16.2. The maximum Gasteiger partial charge on any atom is 0.170 e. The van der Waals surface area contributed by atoms with Crippen molar-refractivity contribution in [3.8, 4) is 17.2 Å². The lowest BCUT2D eigenvalue weighted by Gasteiger charge is -2.25. The number of hydrogen-bond donors (Lipinski definition) is 1. The Bertz CT molecular complexity index is 894. The molecule has 27 heavy (non-hydrogen) atoms. The van der Waals surface area contributed by atoms with Crippen LogP contribution in [-0.2, 0) is 6.54 Å². The Balaban J connectivity index is 1.53. The van der Waals surface area contributed by atoms with Crippen molar-refractivity contribution >= 4 is 0 Å². The van der Waals surface area contributed by atoms with E-state index in [-0.39, 0.29) is 6.04 Å². The monoisotopic (exact) mass is 365 g/mol. The van der Waals surface area contributed by atoms with Crippen molar-refractivity contribution < 1.29 is 9.47 Å². The molecule has 0 fully saturated rings.